The van der Waals surface area contributed by atoms with E-state index >= 15 is 0 Å². The average Bonchev–Trinajstić information content (AvgIpc) is 3.21. The Labute approximate surface area is 204 Å². The van der Waals surface area contributed by atoms with Gasteiger partial charge in [-0.05, 0) is 48.2 Å². The van der Waals surface area contributed by atoms with Gasteiger partial charge in [0.1, 0.15) is 5.82 Å². The van der Waals surface area contributed by atoms with Gasteiger partial charge in [-0.1, -0.05) is 42.5 Å². The number of hydrogen-bond acceptors (Lipinski definition) is 6. The zero-order valence-electron chi connectivity index (χ0n) is 20.2. The summed E-state index contributed by atoms with van der Waals surface area (Å²) in [6, 6.07) is 21.4. The molecule has 0 spiro atoms. The van der Waals surface area contributed by atoms with E-state index < -0.39 is 0 Å². The molecule has 0 radical (unpaired) electrons. The standard InChI is InChI=1S/C19H21N3O2.C8H10O3/c1-22-17-10-7-15(9-12-19(23)21-24)13-16(17)20-18(22)11-8-14-5-3-2-4-6-14;1-10-7-5-3-4-6(9)8(7)11-2/h2-7,10,13,24H,8-9,11-12H2,1H3,(H,21,23);3-5,9H,1-2H3. The Morgan fingerprint density at radius 3 is 2.37 bits per heavy atom. The van der Waals surface area contributed by atoms with Crippen LogP contribution in [0.3, 0.4) is 0 Å². The van der Waals surface area contributed by atoms with Crippen molar-refractivity contribution >= 4 is 16.9 Å². The van der Waals surface area contributed by atoms with Crippen LogP contribution >= 0.6 is 0 Å². The number of nitrogens with one attached hydrogen (secondary N) is 1. The van der Waals surface area contributed by atoms with Crippen molar-refractivity contribution in [2.75, 3.05) is 14.2 Å². The topological polar surface area (TPSA) is 106 Å². The van der Waals surface area contributed by atoms with Crippen LogP contribution in [0.1, 0.15) is 23.4 Å². The van der Waals surface area contributed by atoms with Crippen molar-refractivity contribution in [3.8, 4) is 17.2 Å². The minimum absolute atomic E-state index is 0.0897. The van der Waals surface area contributed by atoms with Gasteiger partial charge in [0.05, 0.1) is 25.3 Å². The van der Waals surface area contributed by atoms with E-state index in [-0.39, 0.29) is 18.1 Å². The number of aryl methyl sites for hydroxylation is 4. The van der Waals surface area contributed by atoms with Crippen LogP contribution in [0.4, 0.5) is 0 Å². The molecule has 0 aliphatic heterocycles. The first-order valence-corrected chi connectivity index (χ1v) is 11.3. The van der Waals surface area contributed by atoms with Crippen LogP contribution in [0.15, 0.2) is 66.7 Å². The highest BCUT2D eigenvalue weighted by atomic mass is 16.5. The number of rotatable bonds is 8. The fourth-order valence-electron chi connectivity index (χ4n) is 3.76. The number of phenols is 1. The highest BCUT2D eigenvalue weighted by Gasteiger charge is 2.10. The van der Waals surface area contributed by atoms with E-state index in [9.17, 15) is 9.90 Å². The largest absolute Gasteiger partial charge is 0.504 e. The molecule has 3 aromatic carbocycles. The molecule has 8 heteroatoms. The molecule has 4 aromatic rings. The van der Waals surface area contributed by atoms with Crippen molar-refractivity contribution < 1.29 is 24.6 Å². The number of hydrogen-bond donors (Lipinski definition) is 3. The summed E-state index contributed by atoms with van der Waals surface area (Å²) in [5.74, 6) is 1.67. The van der Waals surface area contributed by atoms with Gasteiger partial charge < -0.3 is 19.1 Å². The molecule has 35 heavy (non-hydrogen) atoms. The van der Waals surface area contributed by atoms with Crippen LogP contribution in [0.2, 0.25) is 0 Å². The van der Waals surface area contributed by atoms with Crippen LogP contribution in [-0.2, 0) is 31.1 Å². The zero-order chi connectivity index (χ0) is 25.2. The Kier molecular flexibility index (Phi) is 9.09. The number of nitrogens with zero attached hydrogens (tertiary/aromatic N) is 2. The number of aromatic hydroxyl groups is 1. The molecule has 0 bridgehead atoms. The van der Waals surface area contributed by atoms with E-state index in [1.165, 1.54) is 19.8 Å². The first kappa shape index (κ1) is 25.6. The number of amides is 1. The van der Waals surface area contributed by atoms with Gasteiger partial charge in [-0.15, -0.1) is 0 Å². The van der Waals surface area contributed by atoms with Gasteiger partial charge in [-0.25, -0.2) is 10.5 Å². The summed E-state index contributed by atoms with van der Waals surface area (Å²) in [7, 11) is 5.05. The molecular formula is C27H31N3O5. The van der Waals surface area contributed by atoms with E-state index in [0.717, 1.165) is 35.3 Å². The SMILES string of the molecule is COc1cccc(O)c1OC.Cn1c(CCc2ccccc2)nc2cc(CCC(=O)NO)ccc21. The highest BCUT2D eigenvalue weighted by Crippen LogP contribution is 2.35. The molecule has 3 N–H and O–H groups in total. The number of imidazole rings is 1. The van der Waals surface area contributed by atoms with Crippen LogP contribution in [0.25, 0.3) is 11.0 Å². The Morgan fingerprint density at radius 2 is 1.71 bits per heavy atom. The van der Waals surface area contributed by atoms with E-state index in [4.69, 9.17) is 19.7 Å². The van der Waals surface area contributed by atoms with Crippen LogP contribution in [-0.4, -0.2) is 40.0 Å². The van der Waals surface area contributed by atoms with Gasteiger partial charge in [0.2, 0.25) is 11.7 Å². The third kappa shape index (κ3) is 6.74. The number of aromatic nitrogens is 2. The number of hydroxylamine groups is 1. The minimum atomic E-state index is -0.375. The number of carbonyl (C=O) groups is 1. The van der Waals surface area contributed by atoms with Gasteiger partial charge in [0, 0.05) is 19.9 Å². The molecule has 0 saturated carbocycles. The number of phenolic OH excluding ortho intramolecular Hbond substituents is 1. The van der Waals surface area contributed by atoms with Crippen molar-refractivity contribution in [1.29, 1.82) is 0 Å². The summed E-state index contributed by atoms with van der Waals surface area (Å²) >= 11 is 0. The maximum atomic E-state index is 11.1. The van der Waals surface area contributed by atoms with Crippen molar-refractivity contribution in [3.05, 3.63) is 83.7 Å². The summed E-state index contributed by atoms with van der Waals surface area (Å²) in [6.45, 7) is 0. The second kappa shape index (κ2) is 12.4. The van der Waals surface area contributed by atoms with Crippen molar-refractivity contribution in [2.45, 2.75) is 25.7 Å². The highest BCUT2D eigenvalue weighted by molar-refractivity contribution is 5.78. The fourth-order valence-corrected chi connectivity index (χ4v) is 3.76. The van der Waals surface area contributed by atoms with Gasteiger partial charge in [0.15, 0.2) is 11.5 Å². The molecule has 0 aliphatic rings. The molecule has 0 atom stereocenters. The van der Waals surface area contributed by atoms with Crippen molar-refractivity contribution in [3.63, 3.8) is 0 Å². The molecule has 1 heterocycles. The number of para-hydroxylation sites is 1. The summed E-state index contributed by atoms with van der Waals surface area (Å²) in [6.07, 6.45) is 2.69. The number of ether oxygens (including phenoxy) is 2. The maximum absolute atomic E-state index is 11.1. The number of methoxy groups -OCH3 is 2. The molecule has 1 aromatic heterocycles. The third-order valence-corrected chi connectivity index (χ3v) is 5.67. The lowest BCUT2D eigenvalue weighted by atomic mass is 10.1. The summed E-state index contributed by atoms with van der Waals surface area (Å²) in [5.41, 5.74) is 6.04. The van der Waals surface area contributed by atoms with Crippen molar-refractivity contribution in [1.82, 2.24) is 15.0 Å². The molecule has 1 amide bonds. The first-order chi connectivity index (χ1) is 17.0. The Morgan fingerprint density at radius 1 is 0.943 bits per heavy atom. The summed E-state index contributed by atoms with van der Waals surface area (Å²) < 4.78 is 12.0. The zero-order valence-corrected chi connectivity index (χ0v) is 20.2. The van der Waals surface area contributed by atoms with Crippen LogP contribution in [0, 0.1) is 0 Å². The monoisotopic (exact) mass is 477 g/mol. The van der Waals surface area contributed by atoms with Gasteiger partial charge in [-0.2, -0.15) is 0 Å². The van der Waals surface area contributed by atoms with E-state index in [1.807, 2.05) is 31.3 Å². The van der Waals surface area contributed by atoms with Crippen LogP contribution < -0.4 is 15.0 Å². The molecule has 0 aliphatic carbocycles. The van der Waals surface area contributed by atoms with Gasteiger partial charge in [-0.3, -0.25) is 10.0 Å². The number of fused-ring (bicyclic) bond motifs is 1. The first-order valence-electron chi connectivity index (χ1n) is 11.3. The molecule has 4 rings (SSSR count). The van der Waals surface area contributed by atoms with E-state index in [1.54, 1.807) is 23.7 Å². The molecule has 8 nitrogen and oxygen atoms in total. The van der Waals surface area contributed by atoms with E-state index in [0.29, 0.717) is 17.9 Å². The number of carbonyl (C=O) groups excluding carboxylic acids is 1. The molecule has 0 saturated heterocycles. The Hall–Kier alpha value is -4.04. The van der Waals surface area contributed by atoms with Crippen LogP contribution in [0.5, 0.6) is 17.2 Å². The van der Waals surface area contributed by atoms with Gasteiger partial charge in [0.25, 0.3) is 0 Å². The van der Waals surface area contributed by atoms with E-state index in [2.05, 4.69) is 28.8 Å². The lowest BCUT2D eigenvalue weighted by molar-refractivity contribution is -0.129. The second-order valence-corrected chi connectivity index (χ2v) is 7.94. The predicted octanol–water partition coefficient (Wildman–Crippen LogP) is 4.21. The molecule has 0 unspecified atom stereocenters. The quantitative estimate of drug-likeness (QED) is 0.259. The molecule has 0 fully saturated rings. The Bertz CT molecular complexity index is 1250. The van der Waals surface area contributed by atoms with Crippen molar-refractivity contribution in [2.24, 2.45) is 7.05 Å². The predicted molar refractivity (Wildman–Crippen MR) is 134 cm³/mol. The normalized spacial score (nSPS) is 10.4. The van der Waals surface area contributed by atoms with Gasteiger partial charge >= 0.3 is 0 Å². The number of benzene rings is 3. The lowest BCUT2D eigenvalue weighted by Crippen LogP contribution is -2.18. The summed E-state index contributed by atoms with van der Waals surface area (Å²) in [4.78, 5) is 15.9. The molecule has 184 valence electrons. The fraction of sp³-hybridized carbons (Fsp3) is 0.259. The second-order valence-electron chi connectivity index (χ2n) is 7.94. The lowest BCUT2D eigenvalue weighted by Gasteiger charge is -2.07. The molecular weight excluding hydrogens is 446 g/mol. The maximum Gasteiger partial charge on any atom is 0.243 e. The Balaban J connectivity index is 0.000000261. The average molecular weight is 478 g/mol. The third-order valence-electron chi connectivity index (χ3n) is 5.67. The summed E-state index contributed by atoms with van der Waals surface area (Å²) in [5, 5.41) is 17.8. The minimum Gasteiger partial charge on any atom is -0.504 e. The smallest absolute Gasteiger partial charge is 0.243 e.